The van der Waals surface area contributed by atoms with E-state index in [4.69, 9.17) is 12.5 Å². The molecular formula is C33H67NO3S. The van der Waals surface area contributed by atoms with Crippen molar-refractivity contribution in [3.63, 3.8) is 0 Å². The van der Waals surface area contributed by atoms with Gasteiger partial charge in [0.25, 0.3) is 0 Å². The van der Waals surface area contributed by atoms with Crippen LogP contribution in [0.25, 0.3) is 0 Å². The average Bonchev–Trinajstić information content (AvgIpc) is 2.89. The van der Waals surface area contributed by atoms with Crippen LogP contribution in [0.2, 0.25) is 0 Å². The number of nitrogens with zero attached hydrogens (tertiary/aromatic N) is 1. The van der Waals surface area contributed by atoms with Gasteiger partial charge in [-0.3, -0.25) is 12.5 Å². The lowest BCUT2D eigenvalue weighted by Gasteiger charge is -2.40. The summed E-state index contributed by atoms with van der Waals surface area (Å²) in [5, 5.41) is 0. The number of rotatable bonds is 29. The lowest BCUT2D eigenvalue weighted by Crippen LogP contribution is -2.22. The van der Waals surface area contributed by atoms with Crippen molar-refractivity contribution in [2.75, 3.05) is 39.6 Å². The SMILES string of the molecule is CCCCC/C=C\CCCOS(CCCCCCN(C)C)(OCCCC)O[C@@H](C)CC/C=C\CCCCC. The van der Waals surface area contributed by atoms with Crippen molar-refractivity contribution in [1.82, 2.24) is 4.90 Å². The van der Waals surface area contributed by atoms with Gasteiger partial charge in [-0.1, -0.05) is 90.0 Å². The molecule has 1 unspecified atom stereocenters. The normalized spacial score (nSPS) is 15.6. The highest BCUT2D eigenvalue weighted by molar-refractivity contribution is 8.21. The van der Waals surface area contributed by atoms with Crippen molar-refractivity contribution in [2.24, 2.45) is 0 Å². The van der Waals surface area contributed by atoms with Gasteiger partial charge in [-0.15, -0.1) is 0 Å². The van der Waals surface area contributed by atoms with E-state index in [0.717, 1.165) is 63.9 Å². The average molecular weight is 558 g/mol. The Morgan fingerprint density at radius 3 is 1.71 bits per heavy atom. The lowest BCUT2D eigenvalue weighted by atomic mass is 10.1. The second-order valence-corrected chi connectivity index (χ2v) is 13.2. The predicted octanol–water partition coefficient (Wildman–Crippen LogP) is 10.7. The van der Waals surface area contributed by atoms with Crippen LogP contribution in [0.5, 0.6) is 0 Å². The van der Waals surface area contributed by atoms with Crippen molar-refractivity contribution in [3.05, 3.63) is 24.3 Å². The summed E-state index contributed by atoms with van der Waals surface area (Å²) in [4.78, 5) is 2.27. The fraction of sp³-hybridized carbons (Fsp3) is 0.879. The van der Waals surface area contributed by atoms with Crippen molar-refractivity contribution in [2.45, 2.75) is 149 Å². The van der Waals surface area contributed by atoms with Crippen molar-refractivity contribution in [1.29, 1.82) is 0 Å². The van der Waals surface area contributed by atoms with E-state index in [1.807, 2.05) is 0 Å². The third-order valence-corrected chi connectivity index (χ3v) is 9.08. The van der Waals surface area contributed by atoms with Crippen LogP contribution in [-0.4, -0.2) is 50.6 Å². The van der Waals surface area contributed by atoms with Crippen LogP contribution in [-0.2, 0) is 12.5 Å². The first-order chi connectivity index (χ1) is 18.5. The van der Waals surface area contributed by atoms with E-state index >= 15 is 0 Å². The molecule has 0 spiro atoms. The predicted molar refractivity (Wildman–Crippen MR) is 172 cm³/mol. The lowest BCUT2D eigenvalue weighted by molar-refractivity contribution is 0.128. The summed E-state index contributed by atoms with van der Waals surface area (Å²) < 4.78 is 19.8. The first-order valence-electron chi connectivity index (χ1n) is 16.2. The Morgan fingerprint density at radius 2 is 1.13 bits per heavy atom. The summed E-state index contributed by atoms with van der Waals surface area (Å²) in [6, 6.07) is 0. The highest BCUT2D eigenvalue weighted by Gasteiger charge is 2.29. The molecule has 0 fully saturated rings. The van der Waals surface area contributed by atoms with E-state index in [2.05, 4.69) is 71.0 Å². The van der Waals surface area contributed by atoms with E-state index in [1.165, 1.54) is 70.6 Å². The van der Waals surface area contributed by atoms with E-state index < -0.39 is 10.9 Å². The highest BCUT2D eigenvalue weighted by Crippen LogP contribution is 2.54. The quantitative estimate of drug-likeness (QED) is 0.0676. The third-order valence-electron chi connectivity index (χ3n) is 6.62. The second-order valence-electron chi connectivity index (χ2n) is 11.0. The molecule has 0 rings (SSSR count). The van der Waals surface area contributed by atoms with Crippen LogP contribution < -0.4 is 0 Å². The molecule has 228 valence electrons. The van der Waals surface area contributed by atoms with Crippen LogP contribution in [0.15, 0.2) is 24.3 Å². The summed E-state index contributed by atoms with van der Waals surface area (Å²) in [6.45, 7) is 11.5. The van der Waals surface area contributed by atoms with Crippen molar-refractivity contribution in [3.8, 4) is 0 Å². The fourth-order valence-corrected chi connectivity index (χ4v) is 6.57. The Labute approximate surface area is 241 Å². The van der Waals surface area contributed by atoms with Gasteiger partial charge in [-0.05, 0) is 98.2 Å². The summed E-state index contributed by atoms with van der Waals surface area (Å²) in [5.41, 5.74) is 0. The van der Waals surface area contributed by atoms with Gasteiger partial charge in [0.05, 0.1) is 30.2 Å². The summed E-state index contributed by atoms with van der Waals surface area (Å²) >= 11 is 0. The minimum atomic E-state index is -1.99. The minimum absolute atomic E-state index is 0.138. The molecule has 0 bridgehead atoms. The maximum atomic E-state index is 6.73. The molecular weight excluding hydrogens is 490 g/mol. The first-order valence-corrected chi connectivity index (χ1v) is 17.8. The largest absolute Gasteiger partial charge is 0.309 e. The maximum Gasteiger partial charge on any atom is 0.0890 e. The van der Waals surface area contributed by atoms with E-state index in [0.29, 0.717) is 6.61 Å². The molecule has 0 saturated heterocycles. The van der Waals surface area contributed by atoms with Crippen LogP contribution in [0.4, 0.5) is 0 Å². The molecule has 0 aliphatic rings. The minimum Gasteiger partial charge on any atom is -0.309 e. The summed E-state index contributed by atoms with van der Waals surface area (Å²) in [5.74, 6) is 0.892. The second kappa shape index (κ2) is 28.2. The Hall–Kier alpha value is -0.330. The number of hydrogen-bond donors (Lipinski definition) is 0. The molecule has 2 atom stereocenters. The molecule has 0 aromatic heterocycles. The molecule has 38 heavy (non-hydrogen) atoms. The molecule has 0 aromatic carbocycles. The van der Waals surface area contributed by atoms with Gasteiger partial charge >= 0.3 is 0 Å². The number of allylic oxidation sites excluding steroid dienone is 4. The molecule has 5 heteroatoms. The molecule has 0 aromatic rings. The van der Waals surface area contributed by atoms with Crippen molar-refractivity contribution < 1.29 is 12.5 Å². The van der Waals surface area contributed by atoms with E-state index in [-0.39, 0.29) is 6.10 Å². The zero-order chi connectivity index (χ0) is 28.2. The topological polar surface area (TPSA) is 30.9 Å². The standard InChI is InChI=1S/C33H67NO3S/c1-7-10-13-15-17-19-22-26-31-36-38(35-30-12-9-3,32-27-23-21-25-29-34(5)6)37-33(4)28-24-20-18-16-14-11-8-2/h17-20,33H,7-16,21-32H2,1-6H3/b19-17-,20-18-/t33-/m0/s1. The number of hydrogen-bond acceptors (Lipinski definition) is 4. The van der Waals surface area contributed by atoms with Gasteiger partial charge in [-0.2, -0.15) is 0 Å². The monoisotopic (exact) mass is 557 g/mol. The van der Waals surface area contributed by atoms with Gasteiger partial charge in [-0.25, -0.2) is 0 Å². The zero-order valence-electron chi connectivity index (χ0n) is 26.5. The molecule has 0 amide bonds. The molecule has 0 aliphatic heterocycles. The molecule has 0 aliphatic carbocycles. The van der Waals surface area contributed by atoms with Crippen molar-refractivity contribution >= 4 is 10.9 Å². The van der Waals surface area contributed by atoms with E-state index in [1.54, 1.807) is 0 Å². The summed E-state index contributed by atoms with van der Waals surface area (Å²) in [6.07, 6.45) is 30.9. The van der Waals surface area contributed by atoms with Crippen LogP contribution in [0, 0.1) is 0 Å². The first kappa shape index (κ1) is 37.7. The van der Waals surface area contributed by atoms with Crippen LogP contribution >= 0.6 is 10.9 Å². The number of unbranched alkanes of at least 4 members (excludes halogenated alkanes) is 11. The van der Waals surface area contributed by atoms with E-state index in [9.17, 15) is 0 Å². The van der Waals surface area contributed by atoms with Crippen LogP contribution in [0.1, 0.15) is 143 Å². The Balaban J connectivity index is 4.94. The maximum absolute atomic E-state index is 6.73. The molecule has 0 saturated carbocycles. The van der Waals surface area contributed by atoms with Gasteiger partial charge in [0.15, 0.2) is 0 Å². The zero-order valence-corrected chi connectivity index (χ0v) is 27.3. The Kier molecular flexibility index (Phi) is 28.0. The molecule has 0 heterocycles. The Morgan fingerprint density at radius 1 is 0.605 bits per heavy atom. The molecule has 4 nitrogen and oxygen atoms in total. The smallest absolute Gasteiger partial charge is 0.0890 e. The summed E-state index contributed by atoms with van der Waals surface area (Å²) in [7, 11) is 2.32. The fourth-order valence-electron chi connectivity index (χ4n) is 4.16. The van der Waals surface area contributed by atoms with Gasteiger partial charge in [0.2, 0.25) is 0 Å². The van der Waals surface area contributed by atoms with Gasteiger partial charge < -0.3 is 4.90 Å². The van der Waals surface area contributed by atoms with Gasteiger partial charge in [0, 0.05) is 5.75 Å². The highest BCUT2D eigenvalue weighted by atomic mass is 32.3. The van der Waals surface area contributed by atoms with Gasteiger partial charge in [0.1, 0.15) is 0 Å². The third kappa shape index (κ3) is 24.7. The molecule has 0 radical (unpaired) electrons. The van der Waals surface area contributed by atoms with Crippen LogP contribution in [0.3, 0.4) is 0 Å². The molecule has 0 N–H and O–H groups in total. The Bertz CT molecular complexity index is 540.